The van der Waals surface area contributed by atoms with Gasteiger partial charge in [0.1, 0.15) is 5.82 Å². The van der Waals surface area contributed by atoms with Crippen LogP contribution in [0.25, 0.3) is 0 Å². The average molecular weight is 247 g/mol. The summed E-state index contributed by atoms with van der Waals surface area (Å²) >= 11 is 0. The summed E-state index contributed by atoms with van der Waals surface area (Å²) in [5.41, 5.74) is 2.25. The van der Waals surface area contributed by atoms with Crippen LogP contribution >= 0.6 is 0 Å². The lowest BCUT2D eigenvalue weighted by Gasteiger charge is -2.19. The number of carbonyl (C=O) groups is 1. The minimum atomic E-state index is -0.212. The van der Waals surface area contributed by atoms with Crippen molar-refractivity contribution >= 4 is 11.5 Å². The summed E-state index contributed by atoms with van der Waals surface area (Å²) in [6.45, 7) is 3.69. The molecule has 0 aliphatic heterocycles. The van der Waals surface area contributed by atoms with E-state index in [1.165, 1.54) is 6.07 Å². The number of benzene rings is 1. The standard InChI is InChI=1S/C15H18FNO/c1-10-4-3-5-12(15(10)18)9-17-13-6-7-14(16)11(2)8-13/h6-10,17H,3-5H2,1-2H3/b12-9+/t10-/m1/s1. The van der Waals surface area contributed by atoms with Crippen molar-refractivity contribution in [3.63, 3.8) is 0 Å². The largest absolute Gasteiger partial charge is 0.361 e. The van der Waals surface area contributed by atoms with Crippen LogP contribution in [0.5, 0.6) is 0 Å². The summed E-state index contributed by atoms with van der Waals surface area (Å²) in [5, 5.41) is 3.08. The Labute approximate surface area is 107 Å². The van der Waals surface area contributed by atoms with Gasteiger partial charge in [-0.05, 0) is 49.9 Å². The van der Waals surface area contributed by atoms with Crippen LogP contribution in [0.3, 0.4) is 0 Å². The first-order valence-corrected chi connectivity index (χ1v) is 6.34. The van der Waals surface area contributed by atoms with E-state index in [9.17, 15) is 9.18 Å². The van der Waals surface area contributed by atoms with Crippen LogP contribution in [0.2, 0.25) is 0 Å². The number of allylic oxidation sites excluding steroid dienone is 1. The number of carbonyl (C=O) groups excluding carboxylic acids is 1. The van der Waals surface area contributed by atoms with Gasteiger partial charge in [-0.3, -0.25) is 4.79 Å². The molecule has 0 saturated heterocycles. The van der Waals surface area contributed by atoms with Crippen molar-refractivity contribution in [1.82, 2.24) is 0 Å². The van der Waals surface area contributed by atoms with E-state index >= 15 is 0 Å². The van der Waals surface area contributed by atoms with Crippen LogP contribution in [0.1, 0.15) is 31.7 Å². The molecule has 1 aromatic rings. The van der Waals surface area contributed by atoms with Crippen molar-refractivity contribution in [2.75, 3.05) is 5.32 Å². The number of ketones is 1. The van der Waals surface area contributed by atoms with Crippen LogP contribution in [0.15, 0.2) is 30.0 Å². The smallest absolute Gasteiger partial charge is 0.163 e. The van der Waals surface area contributed by atoms with Crippen molar-refractivity contribution in [2.45, 2.75) is 33.1 Å². The van der Waals surface area contributed by atoms with Crippen LogP contribution < -0.4 is 5.32 Å². The van der Waals surface area contributed by atoms with Crippen molar-refractivity contribution in [2.24, 2.45) is 5.92 Å². The number of aryl methyl sites for hydroxylation is 1. The molecule has 0 aromatic heterocycles. The lowest BCUT2D eigenvalue weighted by Crippen LogP contribution is -2.19. The van der Waals surface area contributed by atoms with Gasteiger partial charge in [-0.15, -0.1) is 0 Å². The lowest BCUT2D eigenvalue weighted by molar-refractivity contribution is -0.119. The van der Waals surface area contributed by atoms with E-state index in [0.29, 0.717) is 5.56 Å². The average Bonchev–Trinajstić information content (AvgIpc) is 2.35. The van der Waals surface area contributed by atoms with Gasteiger partial charge < -0.3 is 5.32 Å². The molecule has 1 atom stereocenters. The molecule has 0 spiro atoms. The second-order valence-corrected chi connectivity index (χ2v) is 4.94. The van der Waals surface area contributed by atoms with E-state index in [4.69, 9.17) is 0 Å². The maximum absolute atomic E-state index is 13.1. The topological polar surface area (TPSA) is 29.1 Å². The Morgan fingerprint density at radius 1 is 1.44 bits per heavy atom. The number of nitrogens with one attached hydrogen (secondary N) is 1. The van der Waals surface area contributed by atoms with Crippen LogP contribution in [0.4, 0.5) is 10.1 Å². The van der Waals surface area contributed by atoms with Crippen LogP contribution in [-0.2, 0) is 4.79 Å². The fraction of sp³-hybridized carbons (Fsp3) is 0.400. The predicted molar refractivity (Wildman–Crippen MR) is 70.9 cm³/mol. The third-order valence-electron chi connectivity index (χ3n) is 3.42. The quantitative estimate of drug-likeness (QED) is 0.805. The highest BCUT2D eigenvalue weighted by Crippen LogP contribution is 2.25. The molecule has 1 aliphatic carbocycles. The summed E-state index contributed by atoms with van der Waals surface area (Å²) in [6.07, 6.45) is 4.63. The number of hydrogen-bond donors (Lipinski definition) is 1. The summed E-state index contributed by atoms with van der Waals surface area (Å²) in [4.78, 5) is 11.9. The first-order chi connectivity index (χ1) is 8.58. The molecule has 1 aromatic carbocycles. The van der Waals surface area contributed by atoms with Crippen molar-refractivity contribution < 1.29 is 9.18 Å². The summed E-state index contributed by atoms with van der Waals surface area (Å²) in [7, 11) is 0. The zero-order valence-corrected chi connectivity index (χ0v) is 10.8. The lowest BCUT2D eigenvalue weighted by atomic mass is 9.86. The zero-order chi connectivity index (χ0) is 13.1. The molecule has 1 fully saturated rings. The molecular weight excluding hydrogens is 229 g/mol. The van der Waals surface area contributed by atoms with Crippen LogP contribution in [-0.4, -0.2) is 5.78 Å². The Morgan fingerprint density at radius 2 is 2.22 bits per heavy atom. The highest BCUT2D eigenvalue weighted by atomic mass is 19.1. The monoisotopic (exact) mass is 247 g/mol. The SMILES string of the molecule is Cc1cc(N/C=C2\CCC[C@@H](C)C2=O)ccc1F. The van der Waals surface area contributed by atoms with Gasteiger partial charge in [-0.1, -0.05) is 6.92 Å². The summed E-state index contributed by atoms with van der Waals surface area (Å²) in [6, 6.07) is 4.85. The fourth-order valence-corrected chi connectivity index (χ4v) is 2.22. The minimum absolute atomic E-state index is 0.127. The molecule has 3 heteroatoms. The maximum Gasteiger partial charge on any atom is 0.163 e. The van der Waals surface area contributed by atoms with Gasteiger partial charge in [0.15, 0.2) is 5.78 Å². The third-order valence-corrected chi connectivity index (χ3v) is 3.42. The van der Waals surface area contributed by atoms with Crippen molar-refractivity contribution in [1.29, 1.82) is 0 Å². The van der Waals surface area contributed by atoms with Gasteiger partial charge in [0.25, 0.3) is 0 Å². The molecule has 0 heterocycles. The number of hydrogen-bond acceptors (Lipinski definition) is 2. The number of anilines is 1. The van der Waals surface area contributed by atoms with Crippen molar-refractivity contribution in [3.05, 3.63) is 41.4 Å². The van der Waals surface area contributed by atoms with Gasteiger partial charge in [0, 0.05) is 23.4 Å². The first kappa shape index (κ1) is 12.8. The molecule has 2 rings (SSSR count). The number of Topliss-reactive ketones (excluding diaryl/α,β-unsaturated/α-hetero) is 1. The Hall–Kier alpha value is -1.64. The number of halogens is 1. The Balaban J connectivity index is 2.09. The molecule has 0 unspecified atom stereocenters. The minimum Gasteiger partial charge on any atom is -0.361 e. The van der Waals surface area contributed by atoms with E-state index in [1.54, 1.807) is 25.3 Å². The van der Waals surface area contributed by atoms with Gasteiger partial charge in [0.05, 0.1) is 0 Å². The molecule has 18 heavy (non-hydrogen) atoms. The van der Waals surface area contributed by atoms with E-state index in [2.05, 4.69) is 5.32 Å². The van der Waals surface area contributed by atoms with E-state index in [1.807, 2.05) is 6.92 Å². The van der Waals surface area contributed by atoms with Gasteiger partial charge in [0.2, 0.25) is 0 Å². The molecule has 0 bridgehead atoms. The molecule has 1 saturated carbocycles. The molecule has 0 amide bonds. The van der Waals surface area contributed by atoms with Gasteiger partial charge in [-0.25, -0.2) is 4.39 Å². The zero-order valence-electron chi connectivity index (χ0n) is 10.8. The molecular formula is C15H18FNO. The number of rotatable bonds is 2. The highest BCUT2D eigenvalue weighted by molar-refractivity contribution is 5.97. The van der Waals surface area contributed by atoms with Gasteiger partial charge in [-0.2, -0.15) is 0 Å². The molecule has 0 radical (unpaired) electrons. The molecule has 1 N–H and O–H groups in total. The highest BCUT2D eigenvalue weighted by Gasteiger charge is 2.22. The molecule has 96 valence electrons. The normalized spacial score (nSPS) is 22.3. The fourth-order valence-electron chi connectivity index (χ4n) is 2.22. The maximum atomic E-state index is 13.1. The van der Waals surface area contributed by atoms with E-state index in [0.717, 1.165) is 30.5 Å². The van der Waals surface area contributed by atoms with Gasteiger partial charge >= 0.3 is 0 Å². The molecule has 1 aliphatic rings. The van der Waals surface area contributed by atoms with Crippen molar-refractivity contribution in [3.8, 4) is 0 Å². The summed E-state index contributed by atoms with van der Waals surface area (Å²) < 4.78 is 13.1. The Kier molecular flexibility index (Phi) is 3.80. The van der Waals surface area contributed by atoms with Crippen LogP contribution in [0, 0.1) is 18.7 Å². The third kappa shape index (κ3) is 2.78. The second kappa shape index (κ2) is 5.34. The second-order valence-electron chi connectivity index (χ2n) is 4.94. The Bertz CT molecular complexity index is 493. The summed E-state index contributed by atoms with van der Waals surface area (Å²) in [5.74, 6) is 0.143. The predicted octanol–water partition coefficient (Wildman–Crippen LogP) is 3.82. The molecule has 2 nitrogen and oxygen atoms in total. The van der Waals surface area contributed by atoms with E-state index < -0.39 is 0 Å². The van der Waals surface area contributed by atoms with E-state index in [-0.39, 0.29) is 17.5 Å². The first-order valence-electron chi connectivity index (χ1n) is 6.34. The Morgan fingerprint density at radius 3 is 2.94 bits per heavy atom.